The Labute approximate surface area is 238 Å². The molecule has 2 N–H and O–H groups in total. The summed E-state index contributed by atoms with van der Waals surface area (Å²) in [5.41, 5.74) is 1.50. The number of anilines is 2. The average Bonchev–Trinajstić information content (AvgIpc) is 2.93. The molecule has 2 aromatic carbocycles. The highest BCUT2D eigenvalue weighted by Gasteiger charge is 2.34. The van der Waals surface area contributed by atoms with Crippen LogP contribution in [-0.2, 0) is 9.59 Å². The lowest BCUT2D eigenvalue weighted by Crippen LogP contribution is -2.30. The van der Waals surface area contributed by atoms with Crippen molar-refractivity contribution in [3.8, 4) is 0 Å². The largest absolute Gasteiger partial charge is 0.325 e. The predicted molar refractivity (Wildman–Crippen MR) is 160 cm³/mol. The second-order valence-corrected chi connectivity index (χ2v) is 10.4. The molecule has 0 saturated heterocycles. The molecule has 0 heterocycles. The first kappa shape index (κ1) is 31.2. The number of carbonyl (C=O) groups is 4. The molecule has 40 heavy (non-hydrogen) atoms. The maximum absolute atomic E-state index is 13.9. The Bertz CT molecular complexity index is 1110. The molecule has 0 fully saturated rings. The van der Waals surface area contributed by atoms with E-state index in [9.17, 15) is 19.2 Å². The van der Waals surface area contributed by atoms with Crippen LogP contribution in [0.15, 0.2) is 36.4 Å². The van der Waals surface area contributed by atoms with Crippen molar-refractivity contribution in [1.82, 2.24) is 9.80 Å². The summed E-state index contributed by atoms with van der Waals surface area (Å²) in [5, 5.41) is 5.75. The zero-order chi connectivity index (χ0) is 29.1. The molecule has 1 aliphatic rings. The van der Waals surface area contributed by atoms with Gasteiger partial charge in [-0.2, -0.15) is 0 Å². The van der Waals surface area contributed by atoms with E-state index in [4.69, 9.17) is 0 Å². The number of nitrogens with one attached hydrogen (secondary N) is 2. The van der Waals surface area contributed by atoms with Gasteiger partial charge in [0.2, 0.25) is 11.8 Å². The first-order valence-electron chi connectivity index (χ1n) is 14.7. The summed E-state index contributed by atoms with van der Waals surface area (Å²) in [6.45, 7) is 13.4. The maximum atomic E-state index is 13.9. The Morgan fingerprint density at radius 3 is 1.30 bits per heavy atom. The van der Waals surface area contributed by atoms with Crippen LogP contribution in [-0.4, -0.2) is 72.4 Å². The number of nitrogens with zero attached hydrogens (tertiary/aromatic N) is 2. The van der Waals surface area contributed by atoms with Crippen LogP contribution in [0.25, 0.3) is 0 Å². The highest BCUT2D eigenvalue weighted by Crippen LogP contribution is 2.35. The maximum Gasteiger partial charge on any atom is 0.225 e. The second-order valence-electron chi connectivity index (χ2n) is 10.4. The predicted octanol–water partition coefficient (Wildman–Crippen LogP) is 5.36. The van der Waals surface area contributed by atoms with Crippen LogP contribution < -0.4 is 10.6 Å². The van der Waals surface area contributed by atoms with Crippen molar-refractivity contribution >= 4 is 34.8 Å². The summed E-state index contributed by atoms with van der Waals surface area (Å²) < 4.78 is 0. The lowest BCUT2D eigenvalue weighted by molar-refractivity contribution is -0.117. The van der Waals surface area contributed by atoms with E-state index in [2.05, 4.69) is 48.1 Å². The topological polar surface area (TPSA) is 98.8 Å². The summed E-state index contributed by atoms with van der Waals surface area (Å²) in [7, 11) is 0. The SMILES string of the molecule is CCCN(CCC)CCC(=O)Nc1cccc2c1C(=O)c1c(NC(=O)CCN(CCC)CCC)cccc1C2=O. The number of carbonyl (C=O) groups excluding carboxylic acids is 4. The van der Waals surface area contributed by atoms with Crippen molar-refractivity contribution < 1.29 is 19.2 Å². The molecular weight excluding hydrogens is 504 g/mol. The Morgan fingerprint density at radius 1 is 0.575 bits per heavy atom. The third kappa shape index (κ3) is 7.86. The third-order valence-corrected chi connectivity index (χ3v) is 7.09. The Hall–Kier alpha value is -3.36. The fourth-order valence-corrected chi connectivity index (χ4v) is 5.33. The van der Waals surface area contributed by atoms with Crippen LogP contribution in [0.2, 0.25) is 0 Å². The molecule has 3 rings (SSSR count). The van der Waals surface area contributed by atoms with Gasteiger partial charge in [-0.1, -0.05) is 52.0 Å². The Balaban J connectivity index is 1.80. The summed E-state index contributed by atoms with van der Waals surface area (Å²) in [4.78, 5) is 57.6. The molecule has 2 amide bonds. The molecular formula is C32H44N4O4. The van der Waals surface area contributed by atoms with Crippen molar-refractivity contribution in [3.05, 3.63) is 58.7 Å². The number of hydrogen-bond donors (Lipinski definition) is 2. The molecule has 0 unspecified atom stereocenters. The van der Waals surface area contributed by atoms with Gasteiger partial charge in [0.15, 0.2) is 11.6 Å². The van der Waals surface area contributed by atoms with Gasteiger partial charge in [-0.3, -0.25) is 19.2 Å². The van der Waals surface area contributed by atoms with Crippen molar-refractivity contribution in [2.75, 3.05) is 49.9 Å². The number of amides is 2. The highest BCUT2D eigenvalue weighted by molar-refractivity contribution is 6.32. The summed E-state index contributed by atoms with van der Waals surface area (Å²) >= 11 is 0. The molecule has 0 bridgehead atoms. The van der Waals surface area contributed by atoms with Gasteiger partial charge in [-0.25, -0.2) is 0 Å². The number of hydrogen-bond acceptors (Lipinski definition) is 6. The van der Waals surface area contributed by atoms with Gasteiger partial charge in [0, 0.05) is 37.1 Å². The van der Waals surface area contributed by atoms with Crippen molar-refractivity contribution in [2.24, 2.45) is 0 Å². The lowest BCUT2D eigenvalue weighted by Gasteiger charge is -2.24. The van der Waals surface area contributed by atoms with Gasteiger partial charge in [-0.05, 0) is 64.0 Å². The minimum Gasteiger partial charge on any atom is -0.325 e. The quantitative estimate of drug-likeness (QED) is 0.250. The molecule has 0 aromatic heterocycles. The zero-order valence-corrected chi connectivity index (χ0v) is 24.5. The zero-order valence-electron chi connectivity index (χ0n) is 24.5. The first-order valence-corrected chi connectivity index (χ1v) is 14.7. The van der Waals surface area contributed by atoms with Crippen molar-refractivity contribution in [2.45, 2.75) is 66.2 Å². The van der Waals surface area contributed by atoms with E-state index in [1.165, 1.54) is 0 Å². The minimum atomic E-state index is -0.381. The number of ketones is 2. The van der Waals surface area contributed by atoms with E-state index in [1.54, 1.807) is 36.4 Å². The van der Waals surface area contributed by atoms with Gasteiger partial charge < -0.3 is 20.4 Å². The minimum absolute atomic E-state index is 0.172. The first-order chi connectivity index (χ1) is 19.3. The molecule has 0 atom stereocenters. The van der Waals surface area contributed by atoms with Gasteiger partial charge in [0.1, 0.15) is 0 Å². The summed E-state index contributed by atoms with van der Waals surface area (Å²) in [6, 6.07) is 9.88. The van der Waals surface area contributed by atoms with Crippen molar-refractivity contribution in [3.63, 3.8) is 0 Å². The molecule has 216 valence electrons. The van der Waals surface area contributed by atoms with E-state index in [0.29, 0.717) is 24.5 Å². The lowest BCUT2D eigenvalue weighted by atomic mass is 9.82. The standard InChI is InChI=1S/C32H44N4O4/c1-5-17-35(18-6-2)21-15-27(37)33-25-13-9-11-23-29(25)32(40)30-24(31(23)39)12-10-14-26(30)34-28(38)16-22-36(19-7-3)20-8-4/h9-14H,5-8,15-22H2,1-4H3,(H,33,37)(H,34,38). The normalized spacial score (nSPS) is 12.4. The van der Waals surface area contributed by atoms with Gasteiger partial charge in [0.25, 0.3) is 0 Å². The molecule has 0 radical (unpaired) electrons. The molecule has 2 aromatic rings. The van der Waals surface area contributed by atoms with Gasteiger partial charge in [0.05, 0.1) is 22.5 Å². The molecule has 0 saturated carbocycles. The average molecular weight is 549 g/mol. The van der Waals surface area contributed by atoms with E-state index >= 15 is 0 Å². The Kier molecular flexibility index (Phi) is 12.0. The molecule has 0 spiro atoms. The molecule has 0 aliphatic heterocycles. The van der Waals surface area contributed by atoms with E-state index in [-0.39, 0.29) is 58.5 Å². The van der Waals surface area contributed by atoms with Crippen LogP contribution >= 0.6 is 0 Å². The molecule has 8 heteroatoms. The molecule has 1 aliphatic carbocycles. The fraction of sp³-hybridized carbons (Fsp3) is 0.500. The van der Waals surface area contributed by atoms with Crippen LogP contribution in [0.5, 0.6) is 0 Å². The third-order valence-electron chi connectivity index (χ3n) is 7.09. The van der Waals surface area contributed by atoms with Crippen LogP contribution in [0.4, 0.5) is 11.4 Å². The fourth-order valence-electron chi connectivity index (χ4n) is 5.33. The summed E-state index contributed by atoms with van der Waals surface area (Å²) in [5.74, 6) is -1.09. The second kappa shape index (κ2) is 15.4. The van der Waals surface area contributed by atoms with E-state index in [0.717, 1.165) is 51.9 Å². The van der Waals surface area contributed by atoms with Crippen LogP contribution in [0.1, 0.15) is 98.1 Å². The van der Waals surface area contributed by atoms with Crippen LogP contribution in [0, 0.1) is 0 Å². The van der Waals surface area contributed by atoms with E-state index in [1.807, 2.05) is 0 Å². The number of rotatable bonds is 16. The van der Waals surface area contributed by atoms with Crippen LogP contribution in [0.3, 0.4) is 0 Å². The number of benzene rings is 2. The summed E-state index contributed by atoms with van der Waals surface area (Å²) in [6.07, 6.45) is 4.63. The van der Waals surface area contributed by atoms with E-state index < -0.39 is 0 Å². The van der Waals surface area contributed by atoms with Gasteiger partial charge in [-0.15, -0.1) is 0 Å². The monoisotopic (exact) mass is 548 g/mol. The molecule has 8 nitrogen and oxygen atoms in total. The van der Waals surface area contributed by atoms with Gasteiger partial charge >= 0.3 is 0 Å². The highest BCUT2D eigenvalue weighted by atomic mass is 16.2. The van der Waals surface area contributed by atoms with Crippen molar-refractivity contribution in [1.29, 1.82) is 0 Å². The Morgan fingerprint density at radius 2 is 0.950 bits per heavy atom. The number of fused-ring (bicyclic) bond motifs is 2. The smallest absolute Gasteiger partial charge is 0.225 e.